The molecule has 0 aromatic carbocycles. The van der Waals surface area contributed by atoms with Crippen LogP contribution >= 0.6 is 11.3 Å². The maximum Gasteiger partial charge on any atom is 0.242 e. The molecule has 0 radical (unpaired) electrons. The van der Waals surface area contributed by atoms with Crippen molar-refractivity contribution in [3.05, 3.63) is 33.3 Å². The van der Waals surface area contributed by atoms with Crippen molar-refractivity contribution < 1.29 is 12.9 Å². The van der Waals surface area contributed by atoms with E-state index in [1.807, 2.05) is 13.0 Å². The van der Waals surface area contributed by atoms with Crippen molar-refractivity contribution in [1.29, 1.82) is 5.26 Å². The molecule has 0 bridgehead atoms. The van der Waals surface area contributed by atoms with E-state index < -0.39 is 10.0 Å². The highest BCUT2D eigenvalue weighted by Gasteiger charge is 2.23. The molecule has 2 rings (SSSR count). The first kappa shape index (κ1) is 15.7. The molecule has 0 spiro atoms. The number of nitriles is 1. The summed E-state index contributed by atoms with van der Waals surface area (Å²) in [4.78, 5) is 0.215. The summed E-state index contributed by atoms with van der Waals surface area (Å²) >= 11 is 1.11. The van der Waals surface area contributed by atoms with Gasteiger partial charge in [-0.05, 0) is 38.6 Å². The molecule has 0 amide bonds. The van der Waals surface area contributed by atoms with Gasteiger partial charge in [-0.15, -0.1) is 11.3 Å². The summed E-state index contributed by atoms with van der Waals surface area (Å²) in [6.07, 6.45) is 0.479. The predicted molar refractivity (Wildman–Crippen MR) is 78.5 cm³/mol. The maximum absolute atomic E-state index is 12.3. The van der Waals surface area contributed by atoms with E-state index in [-0.39, 0.29) is 15.8 Å². The highest BCUT2D eigenvalue weighted by Crippen LogP contribution is 2.21. The summed E-state index contributed by atoms with van der Waals surface area (Å²) in [7, 11) is -3.70. The lowest BCUT2D eigenvalue weighted by Crippen LogP contribution is -2.34. The molecule has 2 heterocycles. The summed E-state index contributed by atoms with van der Waals surface area (Å²) in [6, 6.07) is 3.00. The standard InChI is InChI=1S/C13H15N3O3S2/c1-8(6-11-9(2)15-19-10(11)3)16-21(17,18)13-4-5-20-12(13)7-14/h4-5,8,16H,6H2,1-3H3. The van der Waals surface area contributed by atoms with Crippen molar-refractivity contribution in [2.45, 2.75) is 38.1 Å². The third kappa shape index (κ3) is 3.32. The Balaban J connectivity index is 2.16. The van der Waals surface area contributed by atoms with Crippen LogP contribution in [0.25, 0.3) is 0 Å². The summed E-state index contributed by atoms with van der Waals surface area (Å²) in [5.41, 5.74) is 1.66. The summed E-state index contributed by atoms with van der Waals surface area (Å²) in [6.45, 7) is 5.38. The molecule has 0 aliphatic carbocycles. The normalized spacial score (nSPS) is 13.0. The molecule has 0 aliphatic rings. The molecular weight excluding hydrogens is 310 g/mol. The van der Waals surface area contributed by atoms with Gasteiger partial charge in [0.2, 0.25) is 10.0 Å². The van der Waals surface area contributed by atoms with E-state index in [1.54, 1.807) is 19.2 Å². The molecule has 1 atom stereocenters. The van der Waals surface area contributed by atoms with Gasteiger partial charge >= 0.3 is 0 Å². The molecule has 8 heteroatoms. The number of aryl methyl sites for hydroxylation is 2. The van der Waals surface area contributed by atoms with Crippen molar-refractivity contribution >= 4 is 21.4 Å². The van der Waals surface area contributed by atoms with E-state index in [1.165, 1.54) is 6.07 Å². The monoisotopic (exact) mass is 325 g/mol. The molecule has 1 unspecified atom stereocenters. The van der Waals surface area contributed by atoms with Crippen molar-refractivity contribution in [2.24, 2.45) is 0 Å². The average molecular weight is 325 g/mol. The molecular formula is C13H15N3O3S2. The molecule has 1 N–H and O–H groups in total. The zero-order valence-electron chi connectivity index (χ0n) is 11.9. The number of thiophene rings is 1. The van der Waals surface area contributed by atoms with E-state index >= 15 is 0 Å². The van der Waals surface area contributed by atoms with Gasteiger partial charge in [-0.2, -0.15) is 5.26 Å². The minimum Gasteiger partial charge on any atom is -0.361 e. The summed E-state index contributed by atoms with van der Waals surface area (Å²) in [5, 5.41) is 14.4. The number of hydrogen-bond donors (Lipinski definition) is 1. The van der Waals surface area contributed by atoms with Gasteiger partial charge in [-0.3, -0.25) is 0 Å². The Morgan fingerprint density at radius 2 is 2.24 bits per heavy atom. The minimum atomic E-state index is -3.70. The predicted octanol–water partition coefficient (Wildman–Crippen LogP) is 2.13. The quantitative estimate of drug-likeness (QED) is 0.908. The number of rotatable bonds is 5. The van der Waals surface area contributed by atoms with Crippen LogP contribution < -0.4 is 4.72 Å². The third-order valence-corrected chi connectivity index (χ3v) is 5.65. The van der Waals surface area contributed by atoms with Crippen LogP contribution in [0.4, 0.5) is 0 Å². The lowest BCUT2D eigenvalue weighted by atomic mass is 10.1. The van der Waals surface area contributed by atoms with E-state index in [4.69, 9.17) is 9.78 Å². The van der Waals surface area contributed by atoms with E-state index in [0.717, 1.165) is 22.6 Å². The molecule has 2 aromatic heterocycles. The van der Waals surface area contributed by atoms with Gasteiger partial charge in [0.25, 0.3) is 0 Å². The second-order valence-corrected chi connectivity index (χ2v) is 7.35. The topological polar surface area (TPSA) is 96.0 Å². The average Bonchev–Trinajstić information content (AvgIpc) is 3.00. The van der Waals surface area contributed by atoms with Gasteiger partial charge < -0.3 is 4.52 Å². The van der Waals surface area contributed by atoms with Gasteiger partial charge in [0.05, 0.1) is 5.69 Å². The number of nitrogens with zero attached hydrogens (tertiary/aromatic N) is 2. The van der Waals surface area contributed by atoms with Gasteiger partial charge in [0, 0.05) is 11.6 Å². The number of aromatic nitrogens is 1. The second kappa shape index (κ2) is 5.97. The van der Waals surface area contributed by atoms with Crippen LogP contribution in [-0.2, 0) is 16.4 Å². The van der Waals surface area contributed by atoms with Crippen molar-refractivity contribution in [1.82, 2.24) is 9.88 Å². The Morgan fingerprint density at radius 3 is 2.81 bits per heavy atom. The van der Waals surface area contributed by atoms with E-state index in [2.05, 4.69) is 9.88 Å². The second-order valence-electron chi connectivity index (χ2n) is 4.75. The van der Waals surface area contributed by atoms with Crippen molar-refractivity contribution in [3.8, 4) is 6.07 Å². The van der Waals surface area contributed by atoms with Crippen LogP contribution in [0.2, 0.25) is 0 Å². The van der Waals surface area contributed by atoms with Gasteiger partial charge in [-0.1, -0.05) is 5.16 Å². The lowest BCUT2D eigenvalue weighted by Gasteiger charge is -2.13. The van der Waals surface area contributed by atoms with Crippen LogP contribution in [0.3, 0.4) is 0 Å². The Hall–Kier alpha value is -1.69. The fourth-order valence-electron chi connectivity index (χ4n) is 2.06. The van der Waals surface area contributed by atoms with Crippen LogP contribution in [0, 0.1) is 25.2 Å². The third-order valence-electron chi connectivity index (χ3n) is 3.07. The van der Waals surface area contributed by atoms with Gasteiger partial charge in [0.15, 0.2) is 0 Å². The minimum absolute atomic E-state index is 0.0283. The van der Waals surface area contributed by atoms with Crippen molar-refractivity contribution in [2.75, 3.05) is 0 Å². The number of nitrogens with one attached hydrogen (secondary N) is 1. The summed E-state index contributed by atoms with van der Waals surface area (Å²) in [5.74, 6) is 0.687. The molecule has 112 valence electrons. The van der Waals surface area contributed by atoms with Crippen LogP contribution in [-0.4, -0.2) is 19.6 Å². The van der Waals surface area contributed by atoms with E-state index in [0.29, 0.717) is 12.2 Å². The Bertz CT molecular complexity index is 764. The summed E-state index contributed by atoms with van der Waals surface area (Å²) < 4.78 is 32.2. The molecule has 21 heavy (non-hydrogen) atoms. The molecule has 0 aliphatic heterocycles. The van der Waals surface area contributed by atoms with Crippen LogP contribution in [0.1, 0.15) is 28.8 Å². The molecule has 6 nitrogen and oxygen atoms in total. The molecule has 0 saturated carbocycles. The molecule has 0 fully saturated rings. The fourth-order valence-corrected chi connectivity index (χ4v) is 4.47. The van der Waals surface area contributed by atoms with Gasteiger partial charge in [0.1, 0.15) is 21.6 Å². The SMILES string of the molecule is Cc1noc(C)c1CC(C)NS(=O)(=O)c1ccsc1C#N. The Labute approximate surface area is 127 Å². The van der Waals surface area contributed by atoms with Gasteiger partial charge in [-0.25, -0.2) is 13.1 Å². The zero-order chi connectivity index (χ0) is 15.6. The molecule has 2 aromatic rings. The number of sulfonamides is 1. The van der Waals surface area contributed by atoms with E-state index in [9.17, 15) is 8.42 Å². The first-order valence-corrected chi connectivity index (χ1v) is 8.63. The first-order valence-electron chi connectivity index (χ1n) is 6.27. The number of hydrogen-bond acceptors (Lipinski definition) is 6. The Kier molecular flexibility index (Phi) is 4.46. The first-order chi connectivity index (χ1) is 9.85. The molecule has 0 saturated heterocycles. The largest absolute Gasteiger partial charge is 0.361 e. The van der Waals surface area contributed by atoms with Crippen molar-refractivity contribution in [3.63, 3.8) is 0 Å². The highest BCUT2D eigenvalue weighted by molar-refractivity contribution is 7.89. The maximum atomic E-state index is 12.3. The zero-order valence-corrected chi connectivity index (χ0v) is 13.5. The van der Waals surface area contributed by atoms with Crippen LogP contribution in [0.15, 0.2) is 20.9 Å². The fraction of sp³-hybridized carbons (Fsp3) is 0.385. The lowest BCUT2D eigenvalue weighted by molar-refractivity contribution is 0.392. The smallest absolute Gasteiger partial charge is 0.242 e. The highest BCUT2D eigenvalue weighted by atomic mass is 32.2. The Morgan fingerprint density at radius 1 is 1.52 bits per heavy atom. The van der Waals surface area contributed by atoms with Crippen LogP contribution in [0.5, 0.6) is 0 Å².